The monoisotopic (exact) mass is 481 g/mol. The molecular formula is C33H70N+. The van der Waals surface area contributed by atoms with Gasteiger partial charge in [-0.15, -0.1) is 0 Å². The van der Waals surface area contributed by atoms with Gasteiger partial charge in [-0.1, -0.05) is 174 Å². The summed E-state index contributed by atoms with van der Waals surface area (Å²) < 4.78 is 1.12. The summed E-state index contributed by atoms with van der Waals surface area (Å²) in [7, 11) is 6.92. The standard InChI is InChI=1S/C33H70N/c1-5-6-7-8-9-10-11-12-13-14-15-16-17-18-19-20-21-22-23-24-25-26-27-28-29-30-31-32-33-34(2,3)4/h5-33H2,1-4H3/q+1. The molecule has 0 unspecified atom stereocenters. The van der Waals surface area contributed by atoms with Gasteiger partial charge in [0.25, 0.3) is 0 Å². The van der Waals surface area contributed by atoms with Crippen molar-refractivity contribution in [1.29, 1.82) is 0 Å². The summed E-state index contributed by atoms with van der Waals surface area (Å²) in [5, 5.41) is 0. The molecule has 0 aromatic carbocycles. The Morgan fingerprint density at radius 2 is 0.441 bits per heavy atom. The van der Waals surface area contributed by atoms with Crippen LogP contribution in [-0.2, 0) is 0 Å². The van der Waals surface area contributed by atoms with Crippen molar-refractivity contribution in [3.8, 4) is 0 Å². The minimum atomic E-state index is 1.12. The quantitative estimate of drug-likeness (QED) is 0.0737. The maximum atomic E-state index is 2.31. The fraction of sp³-hybridized carbons (Fsp3) is 1.00. The number of quaternary nitrogens is 1. The lowest BCUT2D eigenvalue weighted by molar-refractivity contribution is -0.870. The van der Waals surface area contributed by atoms with Crippen LogP contribution in [0.25, 0.3) is 0 Å². The summed E-state index contributed by atoms with van der Waals surface area (Å²) in [6.07, 6.45) is 41.3. The van der Waals surface area contributed by atoms with Crippen LogP contribution < -0.4 is 0 Å². The third-order valence-corrected chi connectivity index (χ3v) is 7.68. The van der Waals surface area contributed by atoms with Gasteiger partial charge >= 0.3 is 0 Å². The van der Waals surface area contributed by atoms with E-state index in [1.54, 1.807) is 0 Å². The second-order valence-electron chi connectivity index (χ2n) is 12.6. The minimum Gasteiger partial charge on any atom is -0.331 e. The predicted molar refractivity (Wildman–Crippen MR) is 158 cm³/mol. The fourth-order valence-electron chi connectivity index (χ4n) is 5.26. The molecule has 0 aliphatic rings. The van der Waals surface area contributed by atoms with Crippen LogP contribution in [0.4, 0.5) is 0 Å². The average molecular weight is 481 g/mol. The maximum absolute atomic E-state index is 2.31. The zero-order chi connectivity index (χ0) is 25.0. The molecule has 0 rings (SSSR count). The van der Waals surface area contributed by atoms with Crippen molar-refractivity contribution in [2.75, 3.05) is 27.7 Å². The number of hydrogen-bond acceptors (Lipinski definition) is 0. The molecule has 0 aliphatic carbocycles. The zero-order valence-electron chi connectivity index (χ0n) is 25.0. The molecule has 0 radical (unpaired) electrons. The molecular weight excluding hydrogens is 410 g/mol. The van der Waals surface area contributed by atoms with E-state index >= 15 is 0 Å². The molecule has 0 N–H and O–H groups in total. The van der Waals surface area contributed by atoms with Gasteiger partial charge in [0, 0.05) is 0 Å². The van der Waals surface area contributed by atoms with E-state index in [0.29, 0.717) is 0 Å². The van der Waals surface area contributed by atoms with Gasteiger partial charge in [0.2, 0.25) is 0 Å². The lowest BCUT2D eigenvalue weighted by Crippen LogP contribution is -2.35. The van der Waals surface area contributed by atoms with Gasteiger partial charge in [-0.3, -0.25) is 0 Å². The number of rotatable bonds is 29. The summed E-state index contributed by atoms with van der Waals surface area (Å²) in [6.45, 7) is 3.64. The van der Waals surface area contributed by atoms with Crippen molar-refractivity contribution in [3.63, 3.8) is 0 Å². The van der Waals surface area contributed by atoms with Crippen molar-refractivity contribution in [2.45, 2.75) is 187 Å². The van der Waals surface area contributed by atoms with E-state index in [4.69, 9.17) is 0 Å². The van der Waals surface area contributed by atoms with Crippen LogP contribution in [0.15, 0.2) is 0 Å². The van der Waals surface area contributed by atoms with Crippen LogP contribution >= 0.6 is 0 Å². The van der Waals surface area contributed by atoms with Crippen LogP contribution in [0.3, 0.4) is 0 Å². The maximum Gasteiger partial charge on any atom is 0.0780 e. The Morgan fingerprint density at radius 1 is 0.265 bits per heavy atom. The van der Waals surface area contributed by atoms with Crippen molar-refractivity contribution in [2.24, 2.45) is 0 Å². The van der Waals surface area contributed by atoms with Gasteiger partial charge in [-0.2, -0.15) is 0 Å². The van der Waals surface area contributed by atoms with Gasteiger partial charge < -0.3 is 4.48 Å². The molecule has 34 heavy (non-hydrogen) atoms. The summed E-state index contributed by atoms with van der Waals surface area (Å²) in [5.74, 6) is 0. The van der Waals surface area contributed by atoms with E-state index in [-0.39, 0.29) is 0 Å². The van der Waals surface area contributed by atoms with E-state index < -0.39 is 0 Å². The van der Waals surface area contributed by atoms with E-state index in [2.05, 4.69) is 28.1 Å². The van der Waals surface area contributed by atoms with E-state index in [0.717, 1.165) is 4.48 Å². The molecule has 0 aromatic heterocycles. The Hall–Kier alpha value is -0.0400. The van der Waals surface area contributed by atoms with Crippen molar-refractivity contribution in [3.05, 3.63) is 0 Å². The summed E-state index contributed by atoms with van der Waals surface area (Å²) in [6, 6.07) is 0. The summed E-state index contributed by atoms with van der Waals surface area (Å²) in [5.41, 5.74) is 0. The molecule has 0 atom stereocenters. The van der Waals surface area contributed by atoms with E-state index in [1.165, 1.54) is 186 Å². The molecule has 1 heteroatoms. The van der Waals surface area contributed by atoms with Gasteiger partial charge in [-0.25, -0.2) is 0 Å². The first kappa shape index (κ1) is 34.0. The molecule has 0 fully saturated rings. The van der Waals surface area contributed by atoms with Crippen molar-refractivity contribution >= 4 is 0 Å². The molecule has 0 spiro atoms. The Morgan fingerprint density at radius 3 is 0.618 bits per heavy atom. The molecule has 206 valence electrons. The van der Waals surface area contributed by atoms with Gasteiger partial charge in [0.1, 0.15) is 0 Å². The highest BCUT2D eigenvalue weighted by molar-refractivity contribution is 4.52. The van der Waals surface area contributed by atoms with E-state index in [9.17, 15) is 0 Å². The number of nitrogens with zero attached hydrogens (tertiary/aromatic N) is 1. The molecule has 0 amide bonds. The molecule has 0 saturated heterocycles. The second-order valence-corrected chi connectivity index (χ2v) is 12.6. The first-order valence-electron chi connectivity index (χ1n) is 16.4. The minimum absolute atomic E-state index is 1.12. The normalized spacial score (nSPS) is 12.0. The molecule has 0 aliphatic heterocycles. The Kier molecular flexibility index (Phi) is 27.5. The first-order valence-corrected chi connectivity index (χ1v) is 16.4. The fourth-order valence-corrected chi connectivity index (χ4v) is 5.26. The largest absolute Gasteiger partial charge is 0.331 e. The summed E-state index contributed by atoms with van der Waals surface area (Å²) >= 11 is 0. The van der Waals surface area contributed by atoms with Crippen LogP contribution in [0.5, 0.6) is 0 Å². The van der Waals surface area contributed by atoms with Crippen molar-refractivity contribution in [1.82, 2.24) is 0 Å². The van der Waals surface area contributed by atoms with Crippen molar-refractivity contribution < 1.29 is 4.48 Å². The highest BCUT2D eigenvalue weighted by Crippen LogP contribution is 2.16. The molecule has 0 saturated carbocycles. The summed E-state index contributed by atoms with van der Waals surface area (Å²) in [4.78, 5) is 0. The smallest absolute Gasteiger partial charge is 0.0780 e. The van der Waals surface area contributed by atoms with Gasteiger partial charge in [0.05, 0.1) is 27.7 Å². The third-order valence-electron chi connectivity index (χ3n) is 7.68. The zero-order valence-corrected chi connectivity index (χ0v) is 25.0. The average Bonchev–Trinajstić information content (AvgIpc) is 2.80. The Balaban J connectivity index is 3.03. The highest BCUT2D eigenvalue weighted by Gasteiger charge is 2.05. The second kappa shape index (κ2) is 27.5. The first-order chi connectivity index (χ1) is 16.6. The molecule has 0 aromatic rings. The van der Waals surface area contributed by atoms with Gasteiger partial charge in [-0.05, 0) is 12.8 Å². The molecule has 1 nitrogen and oxygen atoms in total. The third kappa shape index (κ3) is 32.0. The van der Waals surface area contributed by atoms with Crippen LogP contribution in [0.2, 0.25) is 0 Å². The number of hydrogen-bond donors (Lipinski definition) is 0. The molecule has 0 bridgehead atoms. The lowest BCUT2D eigenvalue weighted by Gasteiger charge is -2.23. The number of unbranched alkanes of at least 4 members (excludes halogenated alkanes) is 27. The van der Waals surface area contributed by atoms with Gasteiger partial charge in [0.15, 0.2) is 0 Å². The Bertz CT molecular complexity index is 356. The van der Waals surface area contributed by atoms with Crippen LogP contribution in [0, 0.1) is 0 Å². The molecule has 0 heterocycles. The predicted octanol–water partition coefficient (Wildman–Crippen LogP) is 11.6. The van der Waals surface area contributed by atoms with Crippen LogP contribution in [0.1, 0.15) is 187 Å². The van der Waals surface area contributed by atoms with E-state index in [1.807, 2.05) is 0 Å². The highest BCUT2D eigenvalue weighted by atomic mass is 15.3. The van der Waals surface area contributed by atoms with Crippen LogP contribution in [-0.4, -0.2) is 32.2 Å². The SMILES string of the molecule is CCCCCCCCCCCCCCCCCCCCCCCCCCCCCC[N+](C)(C)C. The lowest BCUT2D eigenvalue weighted by atomic mass is 10.0. The topological polar surface area (TPSA) is 0 Å². The Labute approximate surface area is 218 Å².